The largest absolute Gasteiger partial charge is 0.496 e. The molecule has 3 heterocycles. The lowest BCUT2D eigenvalue weighted by Gasteiger charge is -2.25. The molecule has 0 spiro atoms. The number of esters is 1. The van der Waals surface area contributed by atoms with E-state index in [9.17, 15) is 9.59 Å². The number of para-hydroxylation sites is 1. The van der Waals surface area contributed by atoms with Crippen LogP contribution in [0.25, 0.3) is 17.4 Å². The molecule has 7 nitrogen and oxygen atoms in total. The molecule has 0 fully saturated rings. The molecule has 1 aliphatic rings. The van der Waals surface area contributed by atoms with Crippen LogP contribution in [0.3, 0.4) is 0 Å². The van der Waals surface area contributed by atoms with Crippen molar-refractivity contribution in [3.05, 3.63) is 107 Å². The number of hydrogen-bond acceptors (Lipinski definition) is 7. The van der Waals surface area contributed by atoms with Crippen LogP contribution in [-0.4, -0.2) is 24.3 Å². The van der Waals surface area contributed by atoms with Gasteiger partial charge in [-0.25, -0.2) is 9.79 Å². The second kappa shape index (κ2) is 10.6. The highest BCUT2D eigenvalue weighted by Crippen LogP contribution is 2.36. The molecule has 0 bridgehead atoms. The molecule has 4 aromatic rings. The van der Waals surface area contributed by atoms with Gasteiger partial charge >= 0.3 is 5.97 Å². The van der Waals surface area contributed by atoms with E-state index in [0.717, 1.165) is 0 Å². The molecule has 0 N–H and O–H groups in total. The summed E-state index contributed by atoms with van der Waals surface area (Å²) in [6.07, 6.45) is 1.65. The number of ether oxygens (including phenoxy) is 2. The van der Waals surface area contributed by atoms with E-state index < -0.39 is 12.0 Å². The fraction of sp³-hybridized carbons (Fsp3) is 0.179. The van der Waals surface area contributed by atoms with Crippen molar-refractivity contribution in [1.82, 2.24) is 4.57 Å². The number of nitrogens with zero attached hydrogens (tertiary/aromatic N) is 2. The Morgan fingerprint density at radius 2 is 1.97 bits per heavy atom. The van der Waals surface area contributed by atoms with Crippen molar-refractivity contribution < 1.29 is 18.7 Å². The molecular formula is C28H22Cl2N2O5S. The lowest BCUT2D eigenvalue weighted by molar-refractivity contribution is -0.139. The van der Waals surface area contributed by atoms with Gasteiger partial charge in [0.1, 0.15) is 23.3 Å². The number of aromatic nitrogens is 1. The Kier molecular flexibility index (Phi) is 7.29. The van der Waals surface area contributed by atoms with E-state index in [1.54, 1.807) is 63.4 Å². The van der Waals surface area contributed by atoms with Gasteiger partial charge in [-0.3, -0.25) is 9.36 Å². The lowest BCUT2D eigenvalue weighted by Crippen LogP contribution is -2.40. The molecule has 10 heteroatoms. The maximum Gasteiger partial charge on any atom is 0.338 e. The SMILES string of the molecule is CCOC(=O)C1=C(C)N=c2sc(=Cc3ccc(-c4cc(Cl)ccc4Cl)o3)c(=O)n2C1c1ccccc1OC. The lowest BCUT2D eigenvalue weighted by atomic mass is 9.95. The highest BCUT2D eigenvalue weighted by Gasteiger charge is 2.35. The second-order valence-electron chi connectivity index (χ2n) is 8.37. The zero-order chi connectivity index (χ0) is 27.0. The summed E-state index contributed by atoms with van der Waals surface area (Å²) in [5.41, 5.74) is 1.73. The van der Waals surface area contributed by atoms with Gasteiger partial charge in [-0.1, -0.05) is 52.7 Å². The Bertz CT molecular complexity index is 1770. The van der Waals surface area contributed by atoms with Crippen LogP contribution in [-0.2, 0) is 9.53 Å². The summed E-state index contributed by atoms with van der Waals surface area (Å²) in [6, 6.07) is 15.1. The number of carbonyl (C=O) groups is 1. The topological polar surface area (TPSA) is 83.0 Å². The first-order valence-electron chi connectivity index (χ1n) is 11.7. The van der Waals surface area contributed by atoms with Gasteiger partial charge in [-0.2, -0.15) is 0 Å². The van der Waals surface area contributed by atoms with Crippen LogP contribution in [0.2, 0.25) is 10.0 Å². The number of hydrogen-bond donors (Lipinski definition) is 0. The number of benzene rings is 2. The number of methoxy groups -OCH3 is 1. The minimum atomic E-state index is -0.777. The second-order valence-corrected chi connectivity index (χ2v) is 10.2. The predicted molar refractivity (Wildman–Crippen MR) is 148 cm³/mol. The fourth-order valence-electron chi connectivity index (χ4n) is 4.37. The third-order valence-electron chi connectivity index (χ3n) is 6.04. The van der Waals surface area contributed by atoms with Crippen LogP contribution in [0.5, 0.6) is 5.75 Å². The first-order chi connectivity index (χ1) is 18.3. The Labute approximate surface area is 231 Å². The third-order valence-corrected chi connectivity index (χ3v) is 7.59. The van der Waals surface area contributed by atoms with Crippen molar-refractivity contribution in [3.63, 3.8) is 0 Å². The molecule has 2 aromatic heterocycles. The predicted octanol–water partition coefficient (Wildman–Crippen LogP) is 5.37. The van der Waals surface area contributed by atoms with E-state index in [0.29, 0.717) is 53.5 Å². The van der Waals surface area contributed by atoms with Gasteiger partial charge in [0.15, 0.2) is 4.80 Å². The first-order valence-corrected chi connectivity index (χ1v) is 13.3. The highest BCUT2D eigenvalue weighted by atomic mass is 35.5. The van der Waals surface area contributed by atoms with Crippen LogP contribution in [0.1, 0.15) is 31.2 Å². The van der Waals surface area contributed by atoms with Crippen LogP contribution in [0.15, 0.2) is 80.1 Å². The molecule has 0 radical (unpaired) electrons. The number of halogens is 2. The van der Waals surface area contributed by atoms with Crippen molar-refractivity contribution in [2.75, 3.05) is 13.7 Å². The Balaban J connectivity index is 1.67. The van der Waals surface area contributed by atoms with Gasteiger partial charge in [0, 0.05) is 22.2 Å². The Morgan fingerprint density at radius 3 is 2.74 bits per heavy atom. The maximum absolute atomic E-state index is 13.8. The quantitative estimate of drug-likeness (QED) is 0.292. The van der Waals surface area contributed by atoms with Crippen LogP contribution < -0.4 is 19.6 Å². The summed E-state index contributed by atoms with van der Waals surface area (Å²) in [6.45, 7) is 3.66. The smallest absolute Gasteiger partial charge is 0.338 e. The molecule has 38 heavy (non-hydrogen) atoms. The van der Waals surface area contributed by atoms with Crippen molar-refractivity contribution in [3.8, 4) is 17.1 Å². The molecular weight excluding hydrogens is 547 g/mol. The van der Waals surface area contributed by atoms with Crippen LogP contribution in [0.4, 0.5) is 0 Å². The molecule has 1 unspecified atom stereocenters. The average Bonchev–Trinajstić information content (AvgIpc) is 3.49. The minimum absolute atomic E-state index is 0.191. The van der Waals surface area contributed by atoms with Crippen molar-refractivity contribution in [2.45, 2.75) is 19.9 Å². The number of carbonyl (C=O) groups excluding carboxylic acids is 1. The van der Waals surface area contributed by atoms with E-state index in [4.69, 9.17) is 37.1 Å². The van der Waals surface area contributed by atoms with Gasteiger partial charge in [0.05, 0.1) is 34.5 Å². The van der Waals surface area contributed by atoms with E-state index in [-0.39, 0.29) is 17.7 Å². The number of fused-ring (bicyclic) bond motifs is 1. The zero-order valence-corrected chi connectivity index (χ0v) is 23.0. The molecule has 2 aromatic carbocycles. The summed E-state index contributed by atoms with van der Waals surface area (Å²) in [5, 5.41) is 1.02. The van der Waals surface area contributed by atoms with Crippen molar-refractivity contribution in [1.29, 1.82) is 0 Å². The standard InChI is InChI=1S/C28H22Cl2N2O5S/c1-4-36-27(34)24-15(2)31-28-32(25(24)18-7-5-6-8-21(18)35-3)26(33)23(38-28)14-17-10-12-22(37-17)19-13-16(29)9-11-20(19)30/h5-14,25H,4H2,1-3H3. The van der Waals surface area contributed by atoms with Crippen molar-refractivity contribution in [2.24, 2.45) is 4.99 Å². The number of rotatable bonds is 6. The monoisotopic (exact) mass is 568 g/mol. The summed E-state index contributed by atoms with van der Waals surface area (Å²) >= 11 is 13.7. The van der Waals surface area contributed by atoms with Gasteiger partial charge < -0.3 is 13.9 Å². The molecule has 0 saturated carbocycles. The van der Waals surface area contributed by atoms with Gasteiger partial charge in [-0.15, -0.1) is 0 Å². The minimum Gasteiger partial charge on any atom is -0.496 e. The Morgan fingerprint density at radius 1 is 1.18 bits per heavy atom. The molecule has 0 amide bonds. The number of allylic oxidation sites excluding steroid dienone is 1. The summed E-state index contributed by atoms with van der Waals surface area (Å²) in [7, 11) is 1.55. The van der Waals surface area contributed by atoms with Crippen LogP contribution in [0, 0.1) is 0 Å². The molecule has 0 saturated heterocycles. The van der Waals surface area contributed by atoms with E-state index in [1.807, 2.05) is 18.2 Å². The number of furan rings is 1. The third kappa shape index (κ3) is 4.71. The van der Waals surface area contributed by atoms with E-state index in [1.165, 1.54) is 15.9 Å². The Hall–Kier alpha value is -3.59. The van der Waals surface area contributed by atoms with Gasteiger partial charge in [-0.05, 0) is 50.2 Å². The molecule has 5 rings (SSSR count). The van der Waals surface area contributed by atoms with Crippen LogP contribution >= 0.6 is 34.5 Å². The highest BCUT2D eigenvalue weighted by molar-refractivity contribution is 7.07. The van der Waals surface area contributed by atoms with Gasteiger partial charge in [0.25, 0.3) is 5.56 Å². The fourth-order valence-corrected chi connectivity index (χ4v) is 5.78. The first kappa shape index (κ1) is 26.0. The van der Waals surface area contributed by atoms with E-state index in [2.05, 4.69) is 4.99 Å². The number of thiazole rings is 1. The molecule has 194 valence electrons. The van der Waals surface area contributed by atoms with Crippen molar-refractivity contribution >= 4 is 46.6 Å². The molecule has 0 aliphatic carbocycles. The van der Waals surface area contributed by atoms with E-state index >= 15 is 0 Å². The normalized spacial score (nSPS) is 15.3. The summed E-state index contributed by atoms with van der Waals surface area (Å²) in [5.74, 6) is 0.978. The maximum atomic E-state index is 13.8. The van der Waals surface area contributed by atoms with Gasteiger partial charge in [0.2, 0.25) is 0 Å². The summed E-state index contributed by atoms with van der Waals surface area (Å²) in [4.78, 5) is 31.9. The average molecular weight is 569 g/mol. The summed E-state index contributed by atoms with van der Waals surface area (Å²) < 4.78 is 18.8. The molecule has 1 aliphatic heterocycles. The zero-order valence-electron chi connectivity index (χ0n) is 20.7. The molecule has 1 atom stereocenters.